The van der Waals surface area contributed by atoms with Crippen molar-refractivity contribution in [1.82, 2.24) is 4.72 Å². The van der Waals surface area contributed by atoms with Crippen LogP contribution in [0.5, 0.6) is 0 Å². The zero-order valence-electron chi connectivity index (χ0n) is 15.9. The number of amides is 1. The predicted octanol–water partition coefficient (Wildman–Crippen LogP) is 3.09. The molecule has 0 saturated carbocycles. The van der Waals surface area contributed by atoms with Gasteiger partial charge in [0.25, 0.3) is 15.9 Å². The first-order chi connectivity index (χ1) is 14.3. The average Bonchev–Trinajstić information content (AvgIpc) is 2.99. The van der Waals surface area contributed by atoms with Crippen molar-refractivity contribution in [2.24, 2.45) is 4.99 Å². The Balaban J connectivity index is 1.59. The summed E-state index contributed by atoms with van der Waals surface area (Å²) in [5, 5.41) is 2.50. The lowest BCUT2D eigenvalue weighted by atomic mass is 10.2. The van der Waals surface area contributed by atoms with Crippen molar-refractivity contribution in [2.45, 2.75) is 30.6 Å². The van der Waals surface area contributed by atoms with Crippen LogP contribution >= 0.6 is 15.9 Å². The second kappa shape index (κ2) is 9.90. The number of amidine groups is 1. The number of nitrogens with one attached hydrogen (secondary N) is 2. The number of esters is 1. The molecule has 0 radical (unpaired) electrons. The van der Waals surface area contributed by atoms with Crippen molar-refractivity contribution in [3.05, 3.63) is 46.8 Å². The van der Waals surface area contributed by atoms with Crippen LogP contribution in [0.2, 0.25) is 0 Å². The highest BCUT2D eigenvalue weighted by Crippen LogP contribution is 2.17. The third-order valence-corrected chi connectivity index (χ3v) is 5.97. The van der Waals surface area contributed by atoms with Crippen LogP contribution in [0.4, 0.5) is 5.69 Å². The average molecular weight is 498 g/mol. The van der Waals surface area contributed by atoms with Crippen LogP contribution in [0.1, 0.15) is 36.2 Å². The molecule has 0 aliphatic carbocycles. The minimum Gasteiger partial charge on any atom is -0.450 e. The fraction of sp³-hybridized carbons (Fsp3) is 0.316. The Kier molecular flexibility index (Phi) is 7.27. The molecule has 9 nitrogen and oxygen atoms in total. The second-order valence-electron chi connectivity index (χ2n) is 6.50. The Hall–Kier alpha value is -2.66. The lowest BCUT2D eigenvalue weighted by Gasteiger charge is -2.11. The number of nitrogens with zero attached hydrogens (tertiary/aromatic N) is 1. The van der Waals surface area contributed by atoms with Gasteiger partial charge >= 0.3 is 5.97 Å². The molecule has 1 aromatic carbocycles. The van der Waals surface area contributed by atoms with E-state index in [0.29, 0.717) is 23.5 Å². The molecule has 1 aliphatic rings. The van der Waals surface area contributed by atoms with Gasteiger partial charge in [-0.3, -0.25) is 14.5 Å². The molecule has 0 bridgehead atoms. The molecule has 160 valence electrons. The van der Waals surface area contributed by atoms with E-state index in [-0.39, 0.29) is 16.3 Å². The number of halogens is 1. The fourth-order valence-corrected chi connectivity index (χ4v) is 4.18. The number of carbonyl (C=O) groups excluding carboxylic acids is 2. The Morgan fingerprint density at radius 2 is 2.00 bits per heavy atom. The first-order valence-corrected chi connectivity index (χ1v) is 11.5. The molecule has 0 fully saturated rings. The topological polar surface area (TPSA) is 127 Å². The van der Waals surface area contributed by atoms with Crippen LogP contribution in [0.25, 0.3) is 0 Å². The molecule has 1 aliphatic heterocycles. The van der Waals surface area contributed by atoms with Crippen molar-refractivity contribution in [3.8, 4) is 0 Å². The summed E-state index contributed by atoms with van der Waals surface area (Å²) in [5.41, 5.74) is 0.252. The van der Waals surface area contributed by atoms with E-state index in [1.165, 1.54) is 36.4 Å². The molecule has 0 unspecified atom stereocenters. The molecule has 2 aromatic rings. The molecule has 30 heavy (non-hydrogen) atoms. The Bertz CT molecular complexity index is 1060. The van der Waals surface area contributed by atoms with Gasteiger partial charge in [-0.05, 0) is 59.1 Å². The van der Waals surface area contributed by atoms with Gasteiger partial charge < -0.3 is 14.5 Å². The zero-order chi connectivity index (χ0) is 21.6. The van der Waals surface area contributed by atoms with Crippen molar-refractivity contribution in [3.63, 3.8) is 0 Å². The van der Waals surface area contributed by atoms with Gasteiger partial charge in [-0.25, -0.2) is 13.2 Å². The van der Waals surface area contributed by atoms with Gasteiger partial charge in [0, 0.05) is 18.7 Å². The van der Waals surface area contributed by atoms with Crippen LogP contribution in [-0.4, -0.2) is 39.3 Å². The highest BCUT2D eigenvalue weighted by atomic mass is 79.9. The number of carbonyl (C=O) groups is 2. The number of aliphatic imine (C=N–C) groups is 1. The summed E-state index contributed by atoms with van der Waals surface area (Å²) >= 11 is 3.07. The molecular formula is C19H20BrN3O6S. The van der Waals surface area contributed by atoms with E-state index in [2.05, 4.69) is 31.0 Å². The molecule has 1 amide bonds. The summed E-state index contributed by atoms with van der Waals surface area (Å²) < 4.78 is 38.1. The van der Waals surface area contributed by atoms with Gasteiger partial charge in [0.2, 0.25) is 5.76 Å². The van der Waals surface area contributed by atoms with Crippen molar-refractivity contribution >= 4 is 49.4 Å². The van der Waals surface area contributed by atoms with Crippen LogP contribution < -0.4 is 10.0 Å². The van der Waals surface area contributed by atoms with E-state index in [0.717, 1.165) is 19.3 Å². The molecule has 2 heterocycles. The lowest BCUT2D eigenvalue weighted by Crippen LogP contribution is -2.30. The van der Waals surface area contributed by atoms with Crippen LogP contribution in [0, 0.1) is 0 Å². The summed E-state index contributed by atoms with van der Waals surface area (Å²) in [6, 6.07) is 8.71. The van der Waals surface area contributed by atoms with Crippen LogP contribution in [-0.2, 0) is 19.6 Å². The monoisotopic (exact) mass is 497 g/mol. The molecular weight excluding hydrogens is 478 g/mol. The molecule has 2 N–H and O–H groups in total. The minimum atomic E-state index is -3.83. The van der Waals surface area contributed by atoms with Gasteiger partial charge in [-0.1, -0.05) is 12.5 Å². The van der Waals surface area contributed by atoms with E-state index >= 15 is 0 Å². The summed E-state index contributed by atoms with van der Waals surface area (Å²) in [6.07, 6.45) is 3.41. The molecule has 0 spiro atoms. The first-order valence-electron chi connectivity index (χ1n) is 9.22. The van der Waals surface area contributed by atoms with E-state index in [9.17, 15) is 18.0 Å². The smallest absolute Gasteiger partial charge is 0.374 e. The number of rotatable bonds is 6. The van der Waals surface area contributed by atoms with Gasteiger partial charge in [0.1, 0.15) is 5.84 Å². The Labute approximate surface area is 182 Å². The van der Waals surface area contributed by atoms with E-state index in [4.69, 9.17) is 9.15 Å². The number of sulfonamides is 1. The number of benzene rings is 1. The quantitative estimate of drug-likeness (QED) is 0.590. The van der Waals surface area contributed by atoms with Crippen LogP contribution in [0.15, 0.2) is 55.4 Å². The summed E-state index contributed by atoms with van der Waals surface area (Å²) in [4.78, 5) is 28.1. The van der Waals surface area contributed by atoms with E-state index < -0.39 is 28.5 Å². The maximum Gasteiger partial charge on any atom is 0.374 e. The van der Waals surface area contributed by atoms with Gasteiger partial charge in [-0.2, -0.15) is 0 Å². The SMILES string of the molecule is O=C(COC(=O)c1ccc(Br)o1)Nc1cccc(S(=O)(=O)NC2=NCCCCC2)c1. The summed E-state index contributed by atoms with van der Waals surface area (Å²) in [5.74, 6) is -1.01. The molecule has 0 atom stereocenters. The largest absolute Gasteiger partial charge is 0.450 e. The minimum absolute atomic E-state index is 0.00956. The van der Waals surface area contributed by atoms with E-state index in [1.807, 2.05) is 0 Å². The normalized spacial score (nSPS) is 14.4. The second-order valence-corrected chi connectivity index (χ2v) is 8.96. The molecule has 3 rings (SSSR count). The number of furan rings is 1. The Morgan fingerprint density at radius 3 is 2.77 bits per heavy atom. The zero-order valence-corrected chi connectivity index (χ0v) is 18.3. The lowest BCUT2D eigenvalue weighted by molar-refractivity contribution is -0.119. The number of hydrogen-bond donors (Lipinski definition) is 2. The maximum absolute atomic E-state index is 12.6. The molecule has 1 aromatic heterocycles. The predicted molar refractivity (Wildman–Crippen MR) is 113 cm³/mol. The molecule has 0 saturated heterocycles. The van der Waals surface area contributed by atoms with Crippen molar-refractivity contribution in [1.29, 1.82) is 0 Å². The summed E-state index contributed by atoms with van der Waals surface area (Å²) in [7, 11) is -3.83. The highest BCUT2D eigenvalue weighted by Gasteiger charge is 2.19. The molecule has 11 heteroatoms. The number of hydrogen-bond acceptors (Lipinski definition) is 7. The van der Waals surface area contributed by atoms with Gasteiger partial charge in [-0.15, -0.1) is 0 Å². The third-order valence-electron chi connectivity index (χ3n) is 4.16. The maximum atomic E-state index is 12.6. The van der Waals surface area contributed by atoms with Gasteiger partial charge in [0.05, 0.1) is 4.90 Å². The number of anilines is 1. The van der Waals surface area contributed by atoms with E-state index in [1.54, 1.807) is 0 Å². The standard InChI is InChI=1S/C19H20BrN3O6S/c20-16-9-8-15(29-16)19(25)28-12-18(24)22-13-5-4-6-14(11-13)30(26,27)23-17-7-2-1-3-10-21-17/h4-6,8-9,11H,1-3,7,10,12H2,(H,21,23)(H,22,24). The van der Waals surface area contributed by atoms with Crippen molar-refractivity contribution in [2.75, 3.05) is 18.5 Å². The summed E-state index contributed by atoms with van der Waals surface area (Å²) in [6.45, 7) is 0.0464. The van der Waals surface area contributed by atoms with Gasteiger partial charge in [0.15, 0.2) is 11.3 Å². The third kappa shape index (κ3) is 6.17. The number of ether oxygens (including phenoxy) is 1. The fourth-order valence-electron chi connectivity index (χ4n) is 2.74. The van der Waals surface area contributed by atoms with Crippen LogP contribution in [0.3, 0.4) is 0 Å². The van der Waals surface area contributed by atoms with Crippen molar-refractivity contribution < 1.29 is 27.2 Å². The highest BCUT2D eigenvalue weighted by molar-refractivity contribution is 9.10. The Morgan fingerprint density at radius 1 is 1.17 bits per heavy atom. The first kappa shape index (κ1) is 22.0.